The van der Waals surface area contributed by atoms with Crippen LogP contribution in [0.4, 0.5) is 8.78 Å². The molecule has 1 aromatic heterocycles. The van der Waals surface area contributed by atoms with Gasteiger partial charge >= 0.3 is 0 Å². The molecule has 174 valence electrons. The Kier molecular flexibility index (Phi) is 6.91. The molecule has 2 heterocycles. The highest BCUT2D eigenvalue weighted by molar-refractivity contribution is 5.78. The molecule has 0 N–H and O–H groups in total. The second kappa shape index (κ2) is 10.0. The van der Waals surface area contributed by atoms with E-state index in [1.807, 2.05) is 38.1 Å². The van der Waals surface area contributed by atoms with Gasteiger partial charge in [0, 0.05) is 32.0 Å². The van der Waals surface area contributed by atoms with Crippen molar-refractivity contribution in [1.82, 2.24) is 10.1 Å². The summed E-state index contributed by atoms with van der Waals surface area (Å²) in [7, 11) is 0. The van der Waals surface area contributed by atoms with Gasteiger partial charge in [-0.3, -0.25) is 4.79 Å². The van der Waals surface area contributed by atoms with Gasteiger partial charge in [-0.2, -0.15) is 0 Å². The molecule has 0 saturated carbocycles. The summed E-state index contributed by atoms with van der Waals surface area (Å²) >= 11 is 0. The minimum Gasteiger partial charge on any atom is -0.489 e. The van der Waals surface area contributed by atoms with Crippen molar-refractivity contribution in [2.24, 2.45) is 0 Å². The lowest BCUT2D eigenvalue weighted by molar-refractivity contribution is -0.132. The van der Waals surface area contributed by atoms with Gasteiger partial charge in [0.25, 0.3) is 0 Å². The van der Waals surface area contributed by atoms with E-state index in [1.165, 1.54) is 12.1 Å². The second-order valence-electron chi connectivity index (χ2n) is 8.18. The predicted octanol–water partition coefficient (Wildman–Crippen LogP) is 4.76. The third-order valence-corrected chi connectivity index (χ3v) is 5.83. The van der Waals surface area contributed by atoms with E-state index in [2.05, 4.69) is 5.16 Å². The van der Waals surface area contributed by atoms with E-state index in [0.717, 1.165) is 28.6 Å². The molecule has 0 aliphatic carbocycles. The minimum absolute atomic E-state index is 0.0332. The SMILES string of the molecule is Cc1noc(C)c1COc1ccc(CC(=O)N2CCC(Oc3ccc(F)cc3F)CC2)cc1. The Morgan fingerprint density at radius 3 is 2.48 bits per heavy atom. The van der Waals surface area contributed by atoms with Gasteiger partial charge in [-0.25, -0.2) is 8.78 Å². The van der Waals surface area contributed by atoms with Gasteiger partial charge in [-0.15, -0.1) is 0 Å². The number of hydrogen-bond acceptors (Lipinski definition) is 5. The molecule has 1 saturated heterocycles. The molecule has 4 rings (SSSR count). The van der Waals surface area contributed by atoms with Crippen molar-refractivity contribution >= 4 is 5.91 Å². The number of likely N-dealkylation sites (tertiary alicyclic amines) is 1. The number of hydrogen-bond donors (Lipinski definition) is 0. The van der Waals surface area contributed by atoms with Crippen LogP contribution in [-0.4, -0.2) is 35.2 Å². The number of aryl methyl sites for hydroxylation is 2. The number of aromatic nitrogens is 1. The van der Waals surface area contributed by atoms with Crippen LogP contribution >= 0.6 is 0 Å². The van der Waals surface area contributed by atoms with E-state index >= 15 is 0 Å². The van der Waals surface area contributed by atoms with Crippen molar-refractivity contribution < 1.29 is 27.6 Å². The van der Waals surface area contributed by atoms with Crippen molar-refractivity contribution in [3.05, 3.63) is 76.7 Å². The van der Waals surface area contributed by atoms with E-state index in [4.69, 9.17) is 14.0 Å². The average Bonchev–Trinajstić information content (AvgIpc) is 3.13. The molecule has 0 bridgehead atoms. The molecule has 0 radical (unpaired) electrons. The largest absolute Gasteiger partial charge is 0.489 e. The fourth-order valence-electron chi connectivity index (χ4n) is 3.83. The Morgan fingerprint density at radius 1 is 1.12 bits per heavy atom. The molecule has 0 atom stereocenters. The maximum Gasteiger partial charge on any atom is 0.226 e. The van der Waals surface area contributed by atoms with Crippen LogP contribution in [0.5, 0.6) is 11.5 Å². The Bertz CT molecular complexity index is 1090. The summed E-state index contributed by atoms with van der Waals surface area (Å²) in [5, 5.41) is 3.92. The molecule has 2 aromatic carbocycles. The van der Waals surface area contributed by atoms with Crippen molar-refractivity contribution in [2.45, 2.75) is 45.8 Å². The van der Waals surface area contributed by atoms with E-state index in [0.29, 0.717) is 44.7 Å². The monoisotopic (exact) mass is 456 g/mol. The van der Waals surface area contributed by atoms with Gasteiger partial charge < -0.3 is 18.9 Å². The number of carbonyl (C=O) groups excluding carboxylic acids is 1. The van der Waals surface area contributed by atoms with E-state index in [-0.39, 0.29) is 17.8 Å². The van der Waals surface area contributed by atoms with Crippen molar-refractivity contribution in [1.29, 1.82) is 0 Å². The van der Waals surface area contributed by atoms with Crippen molar-refractivity contribution in [2.75, 3.05) is 13.1 Å². The maximum atomic E-state index is 13.8. The number of benzene rings is 2. The van der Waals surface area contributed by atoms with E-state index < -0.39 is 11.6 Å². The third-order valence-electron chi connectivity index (χ3n) is 5.83. The van der Waals surface area contributed by atoms with Gasteiger partial charge in [0.2, 0.25) is 5.91 Å². The molecular weight excluding hydrogens is 430 g/mol. The van der Waals surface area contributed by atoms with Crippen LogP contribution in [0.15, 0.2) is 47.0 Å². The van der Waals surface area contributed by atoms with Gasteiger partial charge in [0.1, 0.15) is 30.0 Å². The van der Waals surface area contributed by atoms with Crippen LogP contribution in [0.25, 0.3) is 0 Å². The van der Waals surface area contributed by atoms with Crippen molar-refractivity contribution in [3.8, 4) is 11.5 Å². The standard InChI is InChI=1S/C25H26F2N2O4/c1-16-22(17(2)33-28-16)15-31-20-6-3-18(4-7-20)13-25(30)29-11-9-21(10-12-29)32-24-8-5-19(26)14-23(24)27/h3-8,14,21H,9-13,15H2,1-2H3. The summed E-state index contributed by atoms with van der Waals surface area (Å²) < 4.78 is 43.4. The molecule has 33 heavy (non-hydrogen) atoms. The van der Waals surface area contributed by atoms with Crippen LogP contribution in [-0.2, 0) is 17.8 Å². The highest BCUT2D eigenvalue weighted by atomic mass is 19.1. The Morgan fingerprint density at radius 2 is 1.85 bits per heavy atom. The molecule has 3 aromatic rings. The summed E-state index contributed by atoms with van der Waals surface area (Å²) in [6.07, 6.45) is 1.28. The zero-order valence-electron chi connectivity index (χ0n) is 18.6. The highest BCUT2D eigenvalue weighted by Crippen LogP contribution is 2.23. The lowest BCUT2D eigenvalue weighted by Gasteiger charge is -2.32. The first-order valence-corrected chi connectivity index (χ1v) is 10.9. The minimum atomic E-state index is -0.715. The number of piperidine rings is 1. The third kappa shape index (κ3) is 5.69. The summed E-state index contributed by atoms with van der Waals surface area (Å²) in [6, 6.07) is 10.7. The van der Waals surface area contributed by atoms with Crippen LogP contribution in [0.2, 0.25) is 0 Å². The number of amides is 1. The van der Waals surface area contributed by atoms with Crippen LogP contribution < -0.4 is 9.47 Å². The lowest BCUT2D eigenvalue weighted by atomic mass is 10.1. The first-order valence-electron chi connectivity index (χ1n) is 10.9. The molecule has 1 fully saturated rings. The molecule has 0 spiro atoms. The molecular formula is C25H26F2N2O4. The van der Waals surface area contributed by atoms with Crippen molar-refractivity contribution in [3.63, 3.8) is 0 Å². The fraction of sp³-hybridized carbons (Fsp3) is 0.360. The first-order chi connectivity index (χ1) is 15.9. The summed E-state index contributed by atoms with van der Waals surface area (Å²) in [5.41, 5.74) is 2.65. The summed E-state index contributed by atoms with van der Waals surface area (Å²) in [4.78, 5) is 14.5. The molecule has 1 aliphatic heterocycles. The molecule has 1 amide bonds. The fourth-order valence-corrected chi connectivity index (χ4v) is 3.83. The summed E-state index contributed by atoms with van der Waals surface area (Å²) in [5.74, 6) is 0.167. The quantitative estimate of drug-likeness (QED) is 0.513. The maximum absolute atomic E-state index is 13.8. The molecule has 6 nitrogen and oxygen atoms in total. The Balaban J connectivity index is 1.24. The first kappa shape index (κ1) is 22.8. The second-order valence-corrected chi connectivity index (χ2v) is 8.18. The van der Waals surface area contributed by atoms with Crippen LogP contribution in [0, 0.1) is 25.5 Å². The Labute approximate surface area is 191 Å². The number of ether oxygens (including phenoxy) is 2. The van der Waals surface area contributed by atoms with Crippen LogP contribution in [0.1, 0.15) is 35.4 Å². The number of rotatable bonds is 7. The van der Waals surface area contributed by atoms with Gasteiger partial charge in [0.05, 0.1) is 17.7 Å². The van der Waals surface area contributed by atoms with Gasteiger partial charge in [0.15, 0.2) is 11.6 Å². The normalized spacial score (nSPS) is 14.4. The lowest BCUT2D eigenvalue weighted by Crippen LogP contribution is -2.42. The highest BCUT2D eigenvalue weighted by Gasteiger charge is 2.24. The molecule has 1 aliphatic rings. The summed E-state index contributed by atoms with van der Waals surface area (Å²) in [6.45, 7) is 5.16. The zero-order valence-corrected chi connectivity index (χ0v) is 18.6. The Hall–Kier alpha value is -3.42. The topological polar surface area (TPSA) is 64.8 Å². The predicted molar refractivity (Wildman–Crippen MR) is 117 cm³/mol. The van der Waals surface area contributed by atoms with Gasteiger partial charge in [-0.1, -0.05) is 17.3 Å². The average molecular weight is 456 g/mol. The van der Waals surface area contributed by atoms with E-state index in [1.54, 1.807) is 4.90 Å². The molecule has 8 heteroatoms. The van der Waals surface area contributed by atoms with Crippen LogP contribution in [0.3, 0.4) is 0 Å². The van der Waals surface area contributed by atoms with E-state index in [9.17, 15) is 13.6 Å². The smallest absolute Gasteiger partial charge is 0.226 e. The van der Waals surface area contributed by atoms with Gasteiger partial charge in [-0.05, 0) is 43.7 Å². The number of halogens is 2. The number of carbonyl (C=O) groups is 1. The zero-order chi connectivity index (χ0) is 23.4. The molecule has 0 unspecified atom stereocenters. The number of nitrogens with zero attached hydrogens (tertiary/aromatic N) is 2.